The average Bonchev–Trinajstić information content (AvgIpc) is 3.55. The first-order valence-electron chi connectivity index (χ1n) is 12.5. The number of anilines is 1. The molecule has 0 saturated carbocycles. The Balaban J connectivity index is 1.55. The van der Waals surface area contributed by atoms with Gasteiger partial charge in [0.1, 0.15) is 6.04 Å². The monoisotopic (exact) mass is 470 g/mol. The maximum atomic E-state index is 13.7. The molecule has 2 atom stereocenters. The Morgan fingerprint density at radius 2 is 2.00 bits per heavy atom. The Labute approximate surface area is 203 Å². The molecule has 4 heterocycles. The van der Waals surface area contributed by atoms with E-state index in [4.69, 9.17) is 4.74 Å². The number of tetrazole rings is 1. The van der Waals surface area contributed by atoms with Gasteiger partial charge in [0.25, 0.3) is 5.56 Å². The van der Waals surface area contributed by atoms with E-state index in [0.29, 0.717) is 17.9 Å². The lowest BCUT2D eigenvalue weighted by atomic mass is 9.95. The lowest BCUT2D eigenvalue weighted by Gasteiger charge is -2.37. The first-order valence-corrected chi connectivity index (χ1v) is 12.5. The van der Waals surface area contributed by atoms with E-state index >= 15 is 0 Å². The van der Waals surface area contributed by atoms with E-state index in [1.165, 1.54) is 5.56 Å². The molecule has 2 aromatic heterocycles. The van der Waals surface area contributed by atoms with Crippen LogP contribution in [-0.4, -0.2) is 44.4 Å². The van der Waals surface area contributed by atoms with Crippen molar-refractivity contribution in [3.63, 3.8) is 0 Å². The van der Waals surface area contributed by atoms with E-state index in [1.54, 1.807) is 0 Å². The second kappa shape index (κ2) is 8.92. The molecule has 0 spiro atoms. The topological polar surface area (TPSA) is 88.9 Å². The largest absolute Gasteiger partial charge is 0.376 e. The van der Waals surface area contributed by atoms with Crippen molar-refractivity contribution < 1.29 is 4.74 Å². The van der Waals surface area contributed by atoms with Crippen molar-refractivity contribution in [2.75, 3.05) is 18.1 Å². The number of para-hydroxylation sites is 1. The molecule has 1 N–H and O–H groups in total. The smallest absolute Gasteiger partial charge is 0.254 e. The maximum absolute atomic E-state index is 13.7. The highest BCUT2D eigenvalue weighted by Crippen LogP contribution is 2.37. The summed E-state index contributed by atoms with van der Waals surface area (Å²) in [6.07, 6.45) is 4.16. The number of aryl methyl sites for hydroxylation is 3. The van der Waals surface area contributed by atoms with Crippen LogP contribution in [0.2, 0.25) is 0 Å². The summed E-state index contributed by atoms with van der Waals surface area (Å²) in [7, 11) is 0. The number of ether oxygens (including phenoxy) is 1. The molecule has 35 heavy (non-hydrogen) atoms. The number of fused-ring (bicyclic) bond motifs is 2. The summed E-state index contributed by atoms with van der Waals surface area (Å²) in [5.41, 5.74) is 6.03. The summed E-state index contributed by atoms with van der Waals surface area (Å²) in [6, 6.07) is 14.2. The summed E-state index contributed by atoms with van der Waals surface area (Å²) in [4.78, 5) is 19.1. The number of rotatable bonds is 5. The summed E-state index contributed by atoms with van der Waals surface area (Å²) in [5, 5.41) is 13.9. The molecule has 1 fully saturated rings. The van der Waals surface area contributed by atoms with Gasteiger partial charge in [-0.25, -0.2) is 4.68 Å². The minimum Gasteiger partial charge on any atom is -0.376 e. The molecule has 2 aliphatic heterocycles. The third kappa shape index (κ3) is 3.91. The number of nitrogens with one attached hydrogen (secondary N) is 1. The van der Waals surface area contributed by atoms with Gasteiger partial charge in [0.2, 0.25) is 0 Å². The standard InChI is InChI=1S/C27H30N6O2/c1-17-11-12-18(2)24-21(17)15-22(27(34)28-24)25(32-13-5-8-19-7-3-4-10-23(19)32)26-29-30-31-33(26)16-20-9-6-14-35-20/h3-4,7,10-12,15,20,25H,5-6,8-9,13-14,16H2,1-2H3,(H,28,34). The molecule has 4 aromatic rings. The van der Waals surface area contributed by atoms with Gasteiger partial charge in [-0.05, 0) is 78.8 Å². The number of hydrogen-bond acceptors (Lipinski definition) is 6. The van der Waals surface area contributed by atoms with Crippen LogP contribution in [0.15, 0.2) is 47.3 Å². The minimum atomic E-state index is -0.416. The lowest BCUT2D eigenvalue weighted by Crippen LogP contribution is -2.39. The van der Waals surface area contributed by atoms with Crippen molar-refractivity contribution in [3.8, 4) is 0 Å². The molecule has 1 saturated heterocycles. The zero-order valence-electron chi connectivity index (χ0n) is 20.2. The van der Waals surface area contributed by atoms with Crippen LogP contribution in [0.25, 0.3) is 10.9 Å². The first kappa shape index (κ1) is 22.0. The van der Waals surface area contributed by atoms with Crippen molar-refractivity contribution in [2.45, 2.75) is 58.2 Å². The normalized spacial score (nSPS) is 18.7. The summed E-state index contributed by atoms with van der Waals surface area (Å²) in [5.74, 6) is 0.673. The first-order chi connectivity index (χ1) is 17.1. The van der Waals surface area contributed by atoms with Crippen LogP contribution in [0.5, 0.6) is 0 Å². The van der Waals surface area contributed by atoms with Gasteiger partial charge in [-0.15, -0.1) is 5.10 Å². The van der Waals surface area contributed by atoms with Crippen molar-refractivity contribution in [1.82, 2.24) is 25.2 Å². The number of nitrogens with zero attached hydrogens (tertiary/aromatic N) is 5. The second-order valence-electron chi connectivity index (χ2n) is 9.72. The third-order valence-electron chi connectivity index (χ3n) is 7.43. The molecule has 8 nitrogen and oxygen atoms in total. The third-order valence-corrected chi connectivity index (χ3v) is 7.43. The van der Waals surface area contributed by atoms with Crippen LogP contribution in [-0.2, 0) is 17.7 Å². The molecule has 2 aromatic carbocycles. The molecular weight excluding hydrogens is 440 g/mol. The van der Waals surface area contributed by atoms with Gasteiger partial charge in [-0.3, -0.25) is 4.79 Å². The Bertz CT molecular complexity index is 1440. The highest BCUT2D eigenvalue weighted by molar-refractivity contribution is 5.85. The Kier molecular flexibility index (Phi) is 5.60. The number of benzene rings is 2. The Hall–Kier alpha value is -3.52. The van der Waals surface area contributed by atoms with Gasteiger partial charge in [-0.1, -0.05) is 30.3 Å². The summed E-state index contributed by atoms with van der Waals surface area (Å²) < 4.78 is 7.72. The fourth-order valence-corrected chi connectivity index (χ4v) is 5.59. The zero-order chi connectivity index (χ0) is 23.9. The molecule has 2 unspecified atom stereocenters. The van der Waals surface area contributed by atoms with Crippen LogP contribution in [0.1, 0.15) is 53.4 Å². The van der Waals surface area contributed by atoms with Gasteiger partial charge in [0, 0.05) is 29.8 Å². The van der Waals surface area contributed by atoms with E-state index in [0.717, 1.165) is 66.6 Å². The van der Waals surface area contributed by atoms with Gasteiger partial charge in [0.05, 0.1) is 18.2 Å². The van der Waals surface area contributed by atoms with Crippen molar-refractivity contribution in [3.05, 3.63) is 80.9 Å². The zero-order valence-corrected chi connectivity index (χ0v) is 20.2. The van der Waals surface area contributed by atoms with Crippen molar-refractivity contribution >= 4 is 16.6 Å². The van der Waals surface area contributed by atoms with Crippen molar-refractivity contribution in [1.29, 1.82) is 0 Å². The van der Waals surface area contributed by atoms with Crippen LogP contribution < -0.4 is 10.5 Å². The second-order valence-corrected chi connectivity index (χ2v) is 9.72. The molecule has 0 radical (unpaired) electrons. The molecule has 0 bridgehead atoms. The number of pyridine rings is 1. The minimum absolute atomic E-state index is 0.0892. The van der Waals surface area contributed by atoms with Gasteiger partial charge in [0.15, 0.2) is 5.82 Å². The highest BCUT2D eigenvalue weighted by Gasteiger charge is 2.34. The van der Waals surface area contributed by atoms with Gasteiger partial charge in [-0.2, -0.15) is 0 Å². The number of aromatic amines is 1. The maximum Gasteiger partial charge on any atom is 0.254 e. The van der Waals surface area contributed by atoms with E-state index in [1.807, 2.05) is 23.7 Å². The van der Waals surface area contributed by atoms with E-state index < -0.39 is 6.04 Å². The fourth-order valence-electron chi connectivity index (χ4n) is 5.59. The van der Waals surface area contributed by atoms with Gasteiger partial charge < -0.3 is 14.6 Å². The van der Waals surface area contributed by atoms with E-state index in [9.17, 15) is 4.79 Å². The lowest BCUT2D eigenvalue weighted by molar-refractivity contribution is 0.0924. The van der Waals surface area contributed by atoms with Crippen molar-refractivity contribution in [2.24, 2.45) is 0 Å². The fraction of sp³-hybridized carbons (Fsp3) is 0.407. The highest BCUT2D eigenvalue weighted by atomic mass is 16.5. The Morgan fingerprint density at radius 1 is 1.14 bits per heavy atom. The molecular formula is C27H30N6O2. The molecule has 2 aliphatic rings. The predicted octanol–water partition coefficient (Wildman–Crippen LogP) is 3.85. The molecule has 8 heteroatoms. The quantitative estimate of drug-likeness (QED) is 0.477. The number of hydrogen-bond donors (Lipinski definition) is 1. The summed E-state index contributed by atoms with van der Waals surface area (Å²) in [6.45, 7) is 6.28. The molecule has 0 aliphatic carbocycles. The van der Waals surface area contributed by atoms with E-state index in [2.05, 4.69) is 62.7 Å². The Morgan fingerprint density at radius 3 is 2.86 bits per heavy atom. The number of H-pyrrole nitrogens is 1. The molecule has 6 rings (SSSR count). The predicted molar refractivity (Wildman–Crippen MR) is 135 cm³/mol. The summed E-state index contributed by atoms with van der Waals surface area (Å²) >= 11 is 0. The average molecular weight is 471 g/mol. The van der Waals surface area contributed by atoms with Crippen LogP contribution in [0.3, 0.4) is 0 Å². The number of aromatic nitrogens is 5. The molecule has 180 valence electrons. The van der Waals surface area contributed by atoms with Crippen LogP contribution >= 0.6 is 0 Å². The van der Waals surface area contributed by atoms with Crippen LogP contribution in [0.4, 0.5) is 5.69 Å². The van der Waals surface area contributed by atoms with Gasteiger partial charge >= 0.3 is 0 Å². The SMILES string of the molecule is Cc1ccc(C)c2[nH]c(=O)c(C(c3nnnn3CC3CCCO3)N3CCCc4ccccc43)cc12. The van der Waals surface area contributed by atoms with E-state index in [-0.39, 0.29) is 11.7 Å². The van der Waals surface area contributed by atoms with Crippen LogP contribution in [0, 0.1) is 13.8 Å². The molecule has 0 amide bonds.